The van der Waals surface area contributed by atoms with Gasteiger partial charge in [-0.25, -0.2) is 19.6 Å². The van der Waals surface area contributed by atoms with Gasteiger partial charge in [0, 0.05) is 76.2 Å². The fourth-order valence-corrected chi connectivity index (χ4v) is 6.57. The van der Waals surface area contributed by atoms with Gasteiger partial charge in [0.25, 0.3) is 5.91 Å². The Morgan fingerprint density at radius 2 is 1.78 bits per heavy atom. The number of carbonyl (C=O) groups is 3. The van der Waals surface area contributed by atoms with E-state index in [1.807, 2.05) is 36.2 Å². The Balaban J connectivity index is 1.12. The summed E-state index contributed by atoms with van der Waals surface area (Å²) in [4.78, 5) is 54.6. The quantitative estimate of drug-likeness (QED) is 0.481. The van der Waals surface area contributed by atoms with Crippen LogP contribution in [0.4, 0.5) is 32.6 Å². The summed E-state index contributed by atoms with van der Waals surface area (Å²) < 4.78 is 0. The molecule has 5 heterocycles. The number of carboxylic acid groups (broad SMARTS) is 1. The first-order valence-corrected chi connectivity index (χ1v) is 14.2. The van der Waals surface area contributed by atoms with Crippen LogP contribution in [0.5, 0.6) is 0 Å². The summed E-state index contributed by atoms with van der Waals surface area (Å²) in [5.74, 6) is 0.276. The van der Waals surface area contributed by atoms with Crippen LogP contribution >= 0.6 is 0 Å². The molecule has 1 aromatic heterocycles. The molecule has 4 aliphatic rings. The molecule has 4 N–H and O–H groups in total. The minimum Gasteiger partial charge on any atom is -0.465 e. The lowest BCUT2D eigenvalue weighted by Gasteiger charge is -2.53. The Kier molecular flexibility index (Phi) is 6.96. The van der Waals surface area contributed by atoms with Crippen molar-refractivity contribution in [2.75, 3.05) is 74.5 Å². The monoisotopic (exact) mass is 563 g/mol. The Labute approximate surface area is 238 Å². The van der Waals surface area contributed by atoms with Gasteiger partial charge in [-0.2, -0.15) is 0 Å². The fraction of sp³-hybridized carbons (Fsp3) is 0.536. The molecule has 4 aliphatic heterocycles. The van der Waals surface area contributed by atoms with Crippen LogP contribution in [0.1, 0.15) is 36.2 Å². The van der Waals surface area contributed by atoms with Crippen molar-refractivity contribution < 1.29 is 19.5 Å². The van der Waals surface area contributed by atoms with Gasteiger partial charge >= 0.3 is 12.1 Å². The minimum absolute atomic E-state index is 0.0646. The number of nitrogens with one attached hydrogen (secondary N) is 1. The second kappa shape index (κ2) is 10.6. The average Bonchev–Trinajstić information content (AvgIpc) is 3.29. The minimum atomic E-state index is -0.831. The molecule has 41 heavy (non-hydrogen) atoms. The maximum absolute atomic E-state index is 12.5. The molecule has 218 valence electrons. The number of hydrogen-bond donors (Lipinski definition) is 3. The standard InChI is InChI=1S/C28H37N9O4/c1-33-13-14-37(26(33)39)21-3-2-10-35(16-21)22-15-30-23(24(29)38)25(32-22)31-19-4-6-20(7-5-19)34-11-8-28(9-12-34)17-36(18-28)27(40)41/h4-7,15,21H,2-3,8-14,16-18H2,1H3,(H2,29,38)(H,31,32)(H,40,41)/t21-/m1/s1. The summed E-state index contributed by atoms with van der Waals surface area (Å²) in [5, 5.41) is 12.4. The molecule has 0 bridgehead atoms. The van der Waals surface area contributed by atoms with Crippen molar-refractivity contribution in [2.45, 2.75) is 31.7 Å². The third kappa shape index (κ3) is 5.27. The molecular formula is C28H37N9O4. The van der Waals surface area contributed by atoms with Gasteiger partial charge in [0.15, 0.2) is 11.5 Å². The van der Waals surface area contributed by atoms with Gasteiger partial charge in [-0.05, 0) is 49.9 Å². The summed E-state index contributed by atoms with van der Waals surface area (Å²) in [6.07, 6.45) is 4.57. The number of primary amides is 1. The molecule has 4 saturated heterocycles. The maximum atomic E-state index is 12.5. The van der Waals surface area contributed by atoms with Crippen molar-refractivity contribution in [3.05, 3.63) is 36.2 Å². The number of likely N-dealkylation sites (tertiary alicyclic amines) is 1. The molecule has 2 aromatic rings. The van der Waals surface area contributed by atoms with Crippen LogP contribution in [0.25, 0.3) is 0 Å². The van der Waals surface area contributed by atoms with Gasteiger partial charge in [-0.1, -0.05) is 0 Å². The van der Waals surface area contributed by atoms with Crippen molar-refractivity contribution in [1.29, 1.82) is 0 Å². The Hall–Kier alpha value is -4.29. The van der Waals surface area contributed by atoms with E-state index in [-0.39, 0.29) is 23.2 Å². The fourth-order valence-electron chi connectivity index (χ4n) is 6.57. The first kappa shape index (κ1) is 26.9. The largest absolute Gasteiger partial charge is 0.465 e. The first-order chi connectivity index (χ1) is 19.7. The highest BCUT2D eigenvalue weighted by Crippen LogP contribution is 2.41. The van der Waals surface area contributed by atoms with Crippen molar-refractivity contribution in [1.82, 2.24) is 24.7 Å². The van der Waals surface area contributed by atoms with Crippen LogP contribution in [-0.4, -0.2) is 113 Å². The molecule has 6 rings (SSSR count). The number of urea groups is 1. The summed E-state index contributed by atoms with van der Waals surface area (Å²) in [7, 11) is 1.83. The lowest BCUT2D eigenvalue weighted by Crippen LogP contribution is -2.61. The highest BCUT2D eigenvalue weighted by atomic mass is 16.4. The number of anilines is 4. The molecule has 13 nitrogen and oxygen atoms in total. The number of aromatic nitrogens is 2. The number of hydrogen-bond acceptors (Lipinski definition) is 8. The molecule has 0 aliphatic carbocycles. The summed E-state index contributed by atoms with van der Waals surface area (Å²) >= 11 is 0. The van der Waals surface area contributed by atoms with E-state index in [9.17, 15) is 14.4 Å². The second-order valence-electron chi connectivity index (χ2n) is 11.7. The van der Waals surface area contributed by atoms with E-state index in [2.05, 4.69) is 20.1 Å². The second-order valence-corrected chi connectivity index (χ2v) is 11.7. The number of rotatable bonds is 6. The zero-order valence-corrected chi connectivity index (χ0v) is 23.3. The van der Waals surface area contributed by atoms with Gasteiger partial charge in [0.2, 0.25) is 0 Å². The van der Waals surface area contributed by atoms with Crippen molar-refractivity contribution in [3.63, 3.8) is 0 Å². The van der Waals surface area contributed by atoms with Crippen LogP contribution < -0.4 is 20.9 Å². The molecule has 4 amide bonds. The Morgan fingerprint density at radius 3 is 2.41 bits per heavy atom. The number of likely N-dealkylation sites (N-methyl/N-ethyl adjacent to an activating group) is 1. The number of amides is 4. The molecule has 0 unspecified atom stereocenters. The van der Waals surface area contributed by atoms with Crippen LogP contribution in [0.15, 0.2) is 30.5 Å². The third-order valence-corrected chi connectivity index (χ3v) is 9.05. The van der Waals surface area contributed by atoms with Gasteiger partial charge in [-0.15, -0.1) is 0 Å². The van der Waals surface area contributed by atoms with Crippen LogP contribution in [0.3, 0.4) is 0 Å². The number of carbonyl (C=O) groups excluding carboxylic acids is 2. The van der Waals surface area contributed by atoms with Gasteiger partial charge in [-0.3, -0.25) is 4.79 Å². The number of nitrogens with zero attached hydrogens (tertiary/aromatic N) is 7. The van der Waals surface area contributed by atoms with E-state index in [1.54, 1.807) is 11.1 Å². The van der Waals surface area contributed by atoms with E-state index < -0.39 is 12.0 Å². The maximum Gasteiger partial charge on any atom is 0.407 e. The number of piperidine rings is 2. The zero-order valence-electron chi connectivity index (χ0n) is 23.3. The predicted molar refractivity (Wildman–Crippen MR) is 154 cm³/mol. The number of benzene rings is 1. The van der Waals surface area contributed by atoms with Gasteiger partial charge in [0.1, 0.15) is 5.82 Å². The summed E-state index contributed by atoms with van der Waals surface area (Å²) in [5.41, 5.74) is 7.68. The molecule has 1 spiro atoms. The molecule has 4 fully saturated rings. The van der Waals surface area contributed by atoms with Gasteiger partial charge in [0.05, 0.1) is 12.2 Å². The van der Waals surface area contributed by atoms with E-state index in [0.29, 0.717) is 31.3 Å². The number of nitrogens with two attached hydrogens (primary N) is 1. The predicted octanol–water partition coefficient (Wildman–Crippen LogP) is 2.24. The lowest BCUT2D eigenvalue weighted by atomic mass is 9.72. The lowest BCUT2D eigenvalue weighted by molar-refractivity contribution is -0.00635. The van der Waals surface area contributed by atoms with E-state index in [4.69, 9.17) is 15.8 Å². The Morgan fingerprint density at radius 1 is 1.05 bits per heavy atom. The molecule has 0 radical (unpaired) electrons. The SMILES string of the molecule is CN1CCN([C@@H]2CCCN(c3cnc(C(N)=O)c(Nc4ccc(N5CCC6(CC5)CN(C(=O)O)C6)cc4)n3)C2)C1=O. The van der Waals surface area contributed by atoms with Crippen LogP contribution in [0, 0.1) is 5.41 Å². The molecular weight excluding hydrogens is 526 g/mol. The average molecular weight is 564 g/mol. The highest BCUT2D eigenvalue weighted by Gasteiger charge is 2.46. The summed E-state index contributed by atoms with van der Waals surface area (Å²) in [6.45, 7) is 5.94. The molecule has 1 aromatic carbocycles. The van der Waals surface area contributed by atoms with E-state index >= 15 is 0 Å². The van der Waals surface area contributed by atoms with Crippen molar-refractivity contribution in [3.8, 4) is 0 Å². The van der Waals surface area contributed by atoms with Crippen molar-refractivity contribution >= 4 is 41.0 Å². The molecule has 1 atom stereocenters. The zero-order chi connectivity index (χ0) is 28.7. The molecule has 0 saturated carbocycles. The van der Waals surface area contributed by atoms with Crippen LogP contribution in [-0.2, 0) is 0 Å². The van der Waals surface area contributed by atoms with Crippen LogP contribution in [0.2, 0.25) is 0 Å². The molecule has 13 heteroatoms. The highest BCUT2D eigenvalue weighted by molar-refractivity contribution is 5.96. The summed E-state index contributed by atoms with van der Waals surface area (Å²) in [6, 6.07) is 8.13. The smallest absolute Gasteiger partial charge is 0.407 e. The van der Waals surface area contributed by atoms with E-state index in [0.717, 1.165) is 69.8 Å². The third-order valence-electron chi connectivity index (χ3n) is 9.05. The van der Waals surface area contributed by atoms with Crippen molar-refractivity contribution in [2.24, 2.45) is 11.1 Å². The Bertz CT molecular complexity index is 1320. The normalized spacial score (nSPS) is 22.2. The first-order valence-electron chi connectivity index (χ1n) is 14.2. The van der Waals surface area contributed by atoms with E-state index in [1.165, 1.54) is 4.90 Å². The van der Waals surface area contributed by atoms with Gasteiger partial charge < -0.3 is 40.7 Å². The topological polar surface area (TPSA) is 151 Å².